The maximum Gasteiger partial charge on any atom is 0.306 e. The van der Waals surface area contributed by atoms with Crippen molar-refractivity contribution in [1.82, 2.24) is 0 Å². The van der Waals surface area contributed by atoms with Gasteiger partial charge in [0.15, 0.2) is 5.78 Å². The average molecular weight is 244 g/mol. The molecule has 100 valence electrons. The maximum absolute atomic E-state index is 11.6. The molecule has 0 aromatic heterocycles. The second kappa shape index (κ2) is 7.43. The summed E-state index contributed by atoms with van der Waals surface area (Å²) in [6.45, 7) is 7.07. The molecule has 0 fully saturated rings. The lowest BCUT2D eigenvalue weighted by Crippen LogP contribution is -2.25. The number of ether oxygens (including phenoxy) is 1. The Morgan fingerprint density at radius 2 is 1.88 bits per heavy atom. The second-order valence-corrected chi connectivity index (χ2v) is 5.30. The lowest BCUT2D eigenvalue weighted by Gasteiger charge is -2.21. The molecule has 4 nitrogen and oxygen atoms in total. The molecule has 0 rings (SSSR count). The van der Waals surface area contributed by atoms with E-state index in [1.54, 1.807) is 0 Å². The number of aliphatic hydroxyl groups excluding tert-OH is 1. The molecule has 1 atom stereocenters. The van der Waals surface area contributed by atoms with Crippen LogP contribution in [0.4, 0.5) is 0 Å². The number of hydrogen-bond donors (Lipinski definition) is 1. The fraction of sp³-hybridized carbons (Fsp3) is 0.846. The highest BCUT2D eigenvalue weighted by Crippen LogP contribution is 2.18. The van der Waals surface area contributed by atoms with Crippen molar-refractivity contribution in [2.45, 2.75) is 59.0 Å². The molecule has 4 heteroatoms. The zero-order valence-electron chi connectivity index (χ0n) is 11.3. The Bertz CT molecular complexity index is 253. The fourth-order valence-electron chi connectivity index (χ4n) is 1.51. The number of carbonyl (C=O) groups is 2. The zero-order valence-corrected chi connectivity index (χ0v) is 11.3. The molecule has 0 aromatic rings. The Labute approximate surface area is 103 Å². The van der Waals surface area contributed by atoms with Crippen LogP contribution in [0.15, 0.2) is 0 Å². The van der Waals surface area contributed by atoms with Gasteiger partial charge in [-0.05, 0) is 33.1 Å². The molecule has 0 amide bonds. The van der Waals surface area contributed by atoms with Gasteiger partial charge in [-0.3, -0.25) is 9.59 Å². The Balaban J connectivity index is 4.04. The molecule has 0 bridgehead atoms. The van der Waals surface area contributed by atoms with Crippen LogP contribution in [0.2, 0.25) is 0 Å². The predicted octanol–water partition coefficient (Wildman–Crippen LogP) is 2.09. The number of esters is 1. The Morgan fingerprint density at radius 1 is 1.29 bits per heavy atom. The zero-order chi connectivity index (χ0) is 13.5. The number of carbonyl (C=O) groups excluding carboxylic acids is 2. The summed E-state index contributed by atoms with van der Waals surface area (Å²) in [6.07, 6.45) is 2.14. The van der Waals surface area contributed by atoms with E-state index in [2.05, 4.69) is 0 Å². The van der Waals surface area contributed by atoms with Crippen LogP contribution in [0.25, 0.3) is 0 Å². The molecule has 0 spiro atoms. The summed E-state index contributed by atoms with van der Waals surface area (Å²) in [5.41, 5.74) is -0.462. The predicted molar refractivity (Wildman–Crippen MR) is 65.6 cm³/mol. The molecule has 0 aliphatic rings. The third-order valence-electron chi connectivity index (χ3n) is 2.46. The first-order chi connectivity index (χ1) is 7.78. The van der Waals surface area contributed by atoms with E-state index in [0.29, 0.717) is 19.3 Å². The van der Waals surface area contributed by atoms with Crippen LogP contribution in [0, 0.1) is 5.92 Å². The molecule has 0 unspecified atom stereocenters. The van der Waals surface area contributed by atoms with Gasteiger partial charge < -0.3 is 9.84 Å². The molecular formula is C13H24O4. The van der Waals surface area contributed by atoms with Gasteiger partial charge in [-0.15, -0.1) is 0 Å². The van der Waals surface area contributed by atoms with Gasteiger partial charge in [0.05, 0.1) is 0 Å². The van der Waals surface area contributed by atoms with E-state index >= 15 is 0 Å². The van der Waals surface area contributed by atoms with E-state index in [4.69, 9.17) is 9.84 Å². The maximum atomic E-state index is 11.6. The number of aliphatic hydroxyl groups is 1. The first-order valence-electron chi connectivity index (χ1n) is 6.13. The highest BCUT2D eigenvalue weighted by atomic mass is 16.6. The van der Waals surface area contributed by atoms with E-state index in [9.17, 15) is 9.59 Å². The van der Waals surface area contributed by atoms with Gasteiger partial charge in [0, 0.05) is 12.8 Å². The second-order valence-electron chi connectivity index (χ2n) is 5.30. The number of ketones is 1. The molecule has 0 saturated heterocycles. The monoisotopic (exact) mass is 244 g/mol. The Morgan fingerprint density at radius 3 is 2.29 bits per heavy atom. The topological polar surface area (TPSA) is 63.6 Å². The van der Waals surface area contributed by atoms with Crippen LogP contribution in [-0.4, -0.2) is 29.1 Å². The van der Waals surface area contributed by atoms with Crippen molar-refractivity contribution < 1.29 is 19.4 Å². The van der Waals surface area contributed by atoms with Crippen LogP contribution in [-0.2, 0) is 14.3 Å². The highest BCUT2D eigenvalue weighted by molar-refractivity contribution is 5.79. The van der Waals surface area contributed by atoms with Gasteiger partial charge in [-0.2, -0.15) is 0 Å². The van der Waals surface area contributed by atoms with Crippen molar-refractivity contribution in [3.63, 3.8) is 0 Å². The minimum atomic E-state index is -0.462. The van der Waals surface area contributed by atoms with Crippen molar-refractivity contribution in [2.24, 2.45) is 5.92 Å². The quantitative estimate of drug-likeness (QED) is 0.696. The minimum Gasteiger partial charge on any atom is -0.460 e. The summed E-state index contributed by atoms with van der Waals surface area (Å²) in [5.74, 6) is -0.242. The van der Waals surface area contributed by atoms with Crippen molar-refractivity contribution in [3.8, 4) is 0 Å². The number of rotatable bonds is 7. The van der Waals surface area contributed by atoms with Crippen LogP contribution in [0.5, 0.6) is 0 Å². The highest BCUT2D eigenvalue weighted by Gasteiger charge is 2.20. The fourth-order valence-corrected chi connectivity index (χ4v) is 1.51. The van der Waals surface area contributed by atoms with Gasteiger partial charge in [-0.25, -0.2) is 0 Å². The summed E-state index contributed by atoms with van der Waals surface area (Å²) < 4.78 is 5.23. The Kier molecular flexibility index (Phi) is 7.04. The average Bonchev–Trinajstić information content (AvgIpc) is 2.20. The van der Waals surface area contributed by atoms with E-state index < -0.39 is 12.2 Å². The lowest BCUT2D eigenvalue weighted by atomic mass is 9.95. The molecule has 0 radical (unpaired) electrons. The summed E-state index contributed by atoms with van der Waals surface area (Å²) in [7, 11) is 0. The lowest BCUT2D eigenvalue weighted by molar-refractivity contribution is -0.156. The van der Waals surface area contributed by atoms with Crippen LogP contribution >= 0.6 is 0 Å². The van der Waals surface area contributed by atoms with Gasteiger partial charge in [0.1, 0.15) is 12.2 Å². The molecule has 0 saturated carbocycles. The smallest absolute Gasteiger partial charge is 0.306 e. The normalized spacial score (nSPS) is 13.2. The first kappa shape index (κ1) is 16.1. The van der Waals surface area contributed by atoms with Crippen LogP contribution in [0.3, 0.4) is 0 Å². The van der Waals surface area contributed by atoms with Crippen molar-refractivity contribution in [3.05, 3.63) is 0 Å². The third kappa shape index (κ3) is 8.86. The summed E-state index contributed by atoms with van der Waals surface area (Å²) in [4.78, 5) is 22.6. The van der Waals surface area contributed by atoms with Gasteiger partial charge in [0.25, 0.3) is 0 Å². The third-order valence-corrected chi connectivity index (χ3v) is 2.46. The summed E-state index contributed by atoms with van der Waals surface area (Å²) >= 11 is 0. The molecule has 1 N–H and O–H groups in total. The van der Waals surface area contributed by atoms with E-state index in [1.165, 1.54) is 0 Å². The molecule has 0 aromatic carbocycles. The molecule has 0 heterocycles. The SMILES string of the molecule is CC[C@H](CCC(=O)CO)CC(=O)OC(C)(C)C. The molecule has 0 aliphatic carbocycles. The standard InChI is InChI=1S/C13H24O4/c1-5-10(6-7-11(15)9-14)8-12(16)17-13(2,3)4/h10,14H,5-9H2,1-4H3/t10-/m1/s1. The molecule has 17 heavy (non-hydrogen) atoms. The summed E-state index contributed by atoms with van der Waals surface area (Å²) in [6, 6.07) is 0. The van der Waals surface area contributed by atoms with Gasteiger partial charge in [-0.1, -0.05) is 13.3 Å². The molecular weight excluding hydrogens is 220 g/mol. The van der Waals surface area contributed by atoms with Crippen molar-refractivity contribution >= 4 is 11.8 Å². The van der Waals surface area contributed by atoms with E-state index in [1.807, 2.05) is 27.7 Å². The Hall–Kier alpha value is -0.900. The number of hydrogen-bond acceptors (Lipinski definition) is 4. The largest absolute Gasteiger partial charge is 0.460 e. The van der Waals surface area contributed by atoms with Gasteiger partial charge in [0.2, 0.25) is 0 Å². The molecule has 0 aliphatic heterocycles. The summed E-state index contributed by atoms with van der Waals surface area (Å²) in [5, 5.41) is 8.61. The van der Waals surface area contributed by atoms with Crippen LogP contribution < -0.4 is 0 Å². The van der Waals surface area contributed by atoms with E-state index in [-0.39, 0.29) is 17.7 Å². The number of Topliss-reactive ketones (excluding diaryl/α,β-unsaturated/α-hetero) is 1. The van der Waals surface area contributed by atoms with E-state index in [0.717, 1.165) is 6.42 Å². The van der Waals surface area contributed by atoms with Crippen molar-refractivity contribution in [2.75, 3.05) is 6.61 Å². The van der Waals surface area contributed by atoms with Crippen molar-refractivity contribution in [1.29, 1.82) is 0 Å². The van der Waals surface area contributed by atoms with Gasteiger partial charge >= 0.3 is 5.97 Å². The minimum absolute atomic E-state index is 0.153. The van der Waals surface area contributed by atoms with Crippen LogP contribution in [0.1, 0.15) is 53.4 Å². The first-order valence-corrected chi connectivity index (χ1v) is 6.13.